The molecule has 0 heterocycles. The number of hydrogen-bond donors (Lipinski definition) is 3. The van der Waals surface area contributed by atoms with Gasteiger partial charge in [-0.15, -0.1) is 0 Å². The number of hydrogen-bond acceptors (Lipinski definition) is 2. The van der Waals surface area contributed by atoms with Crippen LogP contribution in [0.5, 0.6) is 0 Å². The standard InChI is InChI=1S/C18H25Cl4N3OS/c1-2-3-4-5-6-7-8-15(26)24-16(18(20,21)22)25-17(27)23-14-11-9-13(19)10-12-14/h9-12,16H,2-8H2,1H3,(H,24,26)(H2,23,25,27). The van der Waals surface area contributed by atoms with Crippen molar-refractivity contribution >= 4 is 75.3 Å². The number of rotatable bonds is 10. The van der Waals surface area contributed by atoms with E-state index in [2.05, 4.69) is 22.9 Å². The number of carbonyl (C=O) groups is 1. The molecule has 0 fully saturated rings. The number of nitrogens with one attached hydrogen (secondary N) is 3. The quantitative estimate of drug-likeness (QED) is 0.164. The SMILES string of the molecule is CCCCCCCCC(=O)NC(NC(=S)Nc1ccc(Cl)cc1)C(Cl)(Cl)Cl. The topological polar surface area (TPSA) is 53.2 Å². The monoisotopic (exact) mass is 471 g/mol. The van der Waals surface area contributed by atoms with Crippen LogP contribution in [0.25, 0.3) is 0 Å². The second-order valence-electron chi connectivity index (χ2n) is 6.17. The van der Waals surface area contributed by atoms with Crippen molar-refractivity contribution in [2.24, 2.45) is 0 Å². The molecule has 3 N–H and O–H groups in total. The minimum absolute atomic E-state index is 0.191. The molecule has 9 heteroatoms. The van der Waals surface area contributed by atoms with E-state index in [1.54, 1.807) is 24.3 Å². The van der Waals surface area contributed by atoms with Gasteiger partial charge in [-0.1, -0.05) is 85.4 Å². The van der Waals surface area contributed by atoms with Crippen molar-refractivity contribution in [3.63, 3.8) is 0 Å². The predicted octanol–water partition coefficient (Wildman–Crippen LogP) is 6.19. The van der Waals surface area contributed by atoms with E-state index in [0.29, 0.717) is 11.4 Å². The molecular formula is C18H25Cl4N3OS. The summed E-state index contributed by atoms with van der Waals surface area (Å²) in [4.78, 5) is 12.2. The lowest BCUT2D eigenvalue weighted by atomic mass is 10.1. The van der Waals surface area contributed by atoms with Gasteiger partial charge in [0.15, 0.2) is 5.11 Å². The van der Waals surface area contributed by atoms with Gasteiger partial charge in [0.25, 0.3) is 0 Å². The van der Waals surface area contributed by atoms with Crippen LogP contribution in [0.3, 0.4) is 0 Å². The van der Waals surface area contributed by atoms with Crippen molar-refractivity contribution in [2.45, 2.75) is 61.8 Å². The van der Waals surface area contributed by atoms with E-state index >= 15 is 0 Å². The Bertz CT molecular complexity index is 593. The molecule has 4 nitrogen and oxygen atoms in total. The first kappa shape index (κ1) is 24.6. The average Bonchev–Trinajstić information content (AvgIpc) is 2.58. The Labute approximate surface area is 186 Å². The molecule has 0 saturated heterocycles. The molecule has 1 unspecified atom stereocenters. The summed E-state index contributed by atoms with van der Waals surface area (Å²) < 4.78 is -1.76. The van der Waals surface area contributed by atoms with E-state index in [4.69, 9.17) is 58.6 Å². The Hall–Kier alpha value is -0.460. The molecule has 0 saturated carbocycles. The van der Waals surface area contributed by atoms with E-state index < -0.39 is 9.96 Å². The maximum atomic E-state index is 12.2. The van der Waals surface area contributed by atoms with Crippen LogP contribution in [-0.2, 0) is 4.79 Å². The highest BCUT2D eigenvalue weighted by molar-refractivity contribution is 7.80. The second kappa shape index (κ2) is 12.9. The van der Waals surface area contributed by atoms with Crippen molar-refractivity contribution in [2.75, 3.05) is 5.32 Å². The summed E-state index contributed by atoms with van der Waals surface area (Å²) in [5.41, 5.74) is 0.721. The van der Waals surface area contributed by atoms with Gasteiger partial charge in [-0.05, 0) is 42.9 Å². The van der Waals surface area contributed by atoms with E-state index in [1.165, 1.54) is 19.3 Å². The molecule has 0 aromatic heterocycles. The Morgan fingerprint density at radius 1 is 1.04 bits per heavy atom. The normalized spacial score (nSPS) is 12.3. The Morgan fingerprint density at radius 2 is 1.63 bits per heavy atom. The first-order chi connectivity index (χ1) is 12.7. The maximum Gasteiger partial charge on any atom is 0.228 e. The molecular weight excluding hydrogens is 448 g/mol. The van der Waals surface area contributed by atoms with Gasteiger partial charge in [0.2, 0.25) is 9.70 Å². The maximum absolute atomic E-state index is 12.2. The fourth-order valence-electron chi connectivity index (χ4n) is 2.33. The summed E-state index contributed by atoms with van der Waals surface area (Å²) in [6, 6.07) is 6.97. The molecule has 1 atom stereocenters. The van der Waals surface area contributed by atoms with Crippen molar-refractivity contribution in [3.8, 4) is 0 Å². The zero-order valence-electron chi connectivity index (χ0n) is 15.2. The first-order valence-electron chi connectivity index (χ1n) is 8.91. The van der Waals surface area contributed by atoms with Gasteiger partial charge in [-0.2, -0.15) is 0 Å². The fraction of sp³-hybridized carbons (Fsp3) is 0.556. The number of carbonyl (C=O) groups excluding carboxylic acids is 1. The largest absolute Gasteiger partial charge is 0.339 e. The molecule has 152 valence electrons. The lowest BCUT2D eigenvalue weighted by Gasteiger charge is -2.27. The third-order valence-electron chi connectivity index (χ3n) is 3.77. The number of thiocarbonyl (C=S) groups is 1. The third kappa shape index (κ3) is 11.2. The van der Waals surface area contributed by atoms with Crippen molar-refractivity contribution < 1.29 is 4.79 Å². The minimum atomic E-state index is -1.76. The third-order valence-corrected chi connectivity index (χ3v) is 4.89. The van der Waals surface area contributed by atoms with Crippen LogP contribution in [0.15, 0.2) is 24.3 Å². The van der Waals surface area contributed by atoms with Crippen molar-refractivity contribution in [1.29, 1.82) is 0 Å². The van der Waals surface area contributed by atoms with Crippen LogP contribution >= 0.6 is 58.6 Å². The first-order valence-corrected chi connectivity index (χ1v) is 10.8. The summed E-state index contributed by atoms with van der Waals surface area (Å²) in [5, 5.41) is 9.30. The summed E-state index contributed by atoms with van der Waals surface area (Å²) in [6.07, 6.45) is 5.98. The van der Waals surface area contributed by atoms with E-state index in [9.17, 15) is 4.79 Å². The van der Waals surface area contributed by atoms with Crippen LogP contribution in [0.2, 0.25) is 5.02 Å². The summed E-state index contributed by atoms with van der Waals surface area (Å²) in [6.45, 7) is 2.17. The minimum Gasteiger partial charge on any atom is -0.339 e. The fourth-order valence-corrected chi connectivity index (χ4v) is 3.02. The van der Waals surface area contributed by atoms with Crippen molar-refractivity contribution in [3.05, 3.63) is 29.3 Å². The summed E-state index contributed by atoms with van der Waals surface area (Å²) in [7, 11) is 0. The number of benzene rings is 1. The molecule has 27 heavy (non-hydrogen) atoms. The second-order valence-corrected chi connectivity index (χ2v) is 9.38. The number of anilines is 1. The molecule has 0 aliphatic heterocycles. The van der Waals surface area contributed by atoms with E-state index in [0.717, 1.165) is 24.9 Å². The summed E-state index contributed by atoms with van der Waals surface area (Å²) in [5.74, 6) is -0.191. The van der Waals surface area contributed by atoms with Gasteiger partial charge in [0, 0.05) is 17.1 Å². The van der Waals surface area contributed by atoms with Gasteiger partial charge in [0.05, 0.1) is 0 Å². The zero-order chi connectivity index (χ0) is 20.3. The van der Waals surface area contributed by atoms with Gasteiger partial charge in [-0.25, -0.2) is 0 Å². The number of halogens is 4. The Morgan fingerprint density at radius 3 is 2.22 bits per heavy atom. The smallest absolute Gasteiger partial charge is 0.228 e. The molecule has 0 spiro atoms. The van der Waals surface area contributed by atoms with Crippen LogP contribution in [-0.4, -0.2) is 21.0 Å². The molecule has 1 amide bonds. The van der Waals surface area contributed by atoms with Gasteiger partial charge >= 0.3 is 0 Å². The molecule has 0 aliphatic rings. The average molecular weight is 473 g/mol. The Kier molecular flexibility index (Phi) is 11.7. The number of amides is 1. The van der Waals surface area contributed by atoms with Crippen LogP contribution in [0, 0.1) is 0 Å². The lowest BCUT2D eigenvalue weighted by Crippen LogP contribution is -2.56. The van der Waals surface area contributed by atoms with Crippen molar-refractivity contribution in [1.82, 2.24) is 10.6 Å². The van der Waals surface area contributed by atoms with Gasteiger partial charge in [0.1, 0.15) is 6.17 Å². The number of alkyl halides is 3. The van der Waals surface area contributed by atoms with E-state index in [-0.39, 0.29) is 11.0 Å². The number of unbranched alkanes of at least 4 members (excludes halogenated alkanes) is 5. The Balaban J connectivity index is 2.46. The van der Waals surface area contributed by atoms with Gasteiger partial charge in [-0.3, -0.25) is 4.79 Å². The summed E-state index contributed by atoms with van der Waals surface area (Å²) >= 11 is 29.0. The highest BCUT2D eigenvalue weighted by Gasteiger charge is 2.34. The molecule has 0 bridgehead atoms. The predicted molar refractivity (Wildman–Crippen MR) is 121 cm³/mol. The molecule has 1 aromatic rings. The van der Waals surface area contributed by atoms with Crippen LogP contribution < -0.4 is 16.0 Å². The lowest BCUT2D eigenvalue weighted by molar-refractivity contribution is -0.122. The van der Waals surface area contributed by atoms with Crippen LogP contribution in [0.1, 0.15) is 51.9 Å². The highest BCUT2D eigenvalue weighted by Crippen LogP contribution is 2.29. The molecule has 0 radical (unpaired) electrons. The molecule has 1 aromatic carbocycles. The highest BCUT2D eigenvalue weighted by atomic mass is 35.6. The van der Waals surface area contributed by atoms with E-state index in [1.807, 2.05) is 0 Å². The van der Waals surface area contributed by atoms with Crippen LogP contribution in [0.4, 0.5) is 5.69 Å². The zero-order valence-corrected chi connectivity index (χ0v) is 19.0. The molecule has 0 aliphatic carbocycles. The molecule has 1 rings (SSSR count). The van der Waals surface area contributed by atoms with Gasteiger partial charge < -0.3 is 16.0 Å².